The van der Waals surface area contributed by atoms with Crippen molar-refractivity contribution in [3.8, 4) is 5.75 Å². The number of carbonyl (C=O) groups is 3. The highest BCUT2D eigenvalue weighted by molar-refractivity contribution is 6.24. The summed E-state index contributed by atoms with van der Waals surface area (Å²) in [6, 6.07) is 2.03. The molecule has 0 spiro atoms. The van der Waals surface area contributed by atoms with Gasteiger partial charge in [0.15, 0.2) is 11.4 Å². The second-order valence-electron chi connectivity index (χ2n) is 10.00. The number of benzene rings is 1. The van der Waals surface area contributed by atoms with E-state index in [1.54, 1.807) is 11.0 Å². The Bertz CT molecular complexity index is 1250. The van der Waals surface area contributed by atoms with Crippen molar-refractivity contribution in [2.45, 2.75) is 24.5 Å². The van der Waals surface area contributed by atoms with Gasteiger partial charge in [-0.05, 0) is 36.5 Å². The van der Waals surface area contributed by atoms with Crippen LogP contribution in [0.15, 0.2) is 29.0 Å². The number of aliphatic hydroxyl groups is 3. The van der Waals surface area contributed by atoms with Gasteiger partial charge < -0.3 is 35.8 Å². The van der Waals surface area contributed by atoms with Crippen LogP contribution in [0.3, 0.4) is 0 Å². The molecular weight excluding hydrogens is 470 g/mol. The minimum Gasteiger partial charge on any atom is -0.508 e. The number of aromatic hydroxyl groups is 1. The molecule has 1 aromatic rings. The van der Waals surface area contributed by atoms with Gasteiger partial charge in [0.1, 0.15) is 22.8 Å². The first-order valence-corrected chi connectivity index (χ1v) is 11.8. The van der Waals surface area contributed by atoms with Gasteiger partial charge in [0.2, 0.25) is 5.78 Å². The van der Waals surface area contributed by atoms with Crippen molar-refractivity contribution in [1.82, 2.24) is 4.90 Å². The lowest BCUT2D eigenvalue weighted by Gasteiger charge is -2.51. The monoisotopic (exact) mass is 499 g/mol. The number of morpholine rings is 1. The van der Waals surface area contributed by atoms with Crippen LogP contribution in [-0.2, 0) is 25.5 Å². The molecule has 3 aliphatic carbocycles. The molecule has 6 N–H and O–H groups in total. The predicted octanol–water partition coefficient (Wildman–Crippen LogP) is -0.199. The SMILES string of the molecule is CN(C)c1ccc(O)c2c1C[C@H]1C[C@H]3[C@@H](N4CCOCC4)C(=O)C(C(N)=O)=C(O)[C@@]3(O)C(=O)C1=C2O. The third kappa shape index (κ3) is 3.19. The zero-order chi connectivity index (χ0) is 26.1. The summed E-state index contributed by atoms with van der Waals surface area (Å²) in [6.07, 6.45) is 0.319. The number of hydrogen-bond donors (Lipinski definition) is 5. The van der Waals surface area contributed by atoms with Gasteiger partial charge in [0, 0.05) is 44.4 Å². The number of primary amides is 1. The van der Waals surface area contributed by atoms with Crippen molar-refractivity contribution in [2.24, 2.45) is 17.6 Å². The molecule has 1 aromatic carbocycles. The number of rotatable bonds is 3. The molecule has 0 unspecified atom stereocenters. The Balaban J connectivity index is 1.72. The smallest absolute Gasteiger partial charge is 0.255 e. The second kappa shape index (κ2) is 8.32. The molecule has 36 heavy (non-hydrogen) atoms. The minimum atomic E-state index is -2.65. The molecule has 0 bridgehead atoms. The number of hydrogen-bond acceptors (Lipinski definition) is 10. The summed E-state index contributed by atoms with van der Waals surface area (Å²) in [5.74, 6) is -6.52. The number of anilines is 1. The zero-order valence-electron chi connectivity index (χ0n) is 20.0. The first kappa shape index (κ1) is 24.3. The van der Waals surface area contributed by atoms with Crippen molar-refractivity contribution in [2.75, 3.05) is 45.3 Å². The third-order valence-electron chi connectivity index (χ3n) is 7.94. The fourth-order valence-electron chi connectivity index (χ4n) is 6.33. The number of Topliss-reactive ketones (excluding diaryl/α,β-unsaturated/α-hetero) is 2. The number of aliphatic hydroxyl groups excluding tert-OH is 2. The van der Waals surface area contributed by atoms with Gasteiger partial charge in [0.25, 0.3) is 5.91 Å². The number of nitrogens with zero attached hydrogens (tertiary/aromatic N) is 2. The fourth-order valence-corrected chi connectivity index (χ4v) is 6.33. The molecule has 1 saturated heterocycles. The highest BCUT2D eigenvalue weighted by Gasteiger charge is 2.64. The molecule has 192 valence electrons. The van der Waals surface area contributed by atoms with E-state index in [2.05, 4.69) is 0 Å². The number of phenolic OH excluding ortho intramolecular Hbond substituents is 1. The molecule has 0 aromatic heterocycles. The average Bonchev–Trinajstić information content (AvgIpc) is 2.82. The van der Waals surface area contributed by atoms with Gasteiger partial charge in [-0.2, -0.15) is 0 Å². The molecule has 11 nitrogen and oxygen atoms in total. The lowest BCUT2D eigenvalue weighted by atomic mass is 9.57. The maximum atomic E-state index is 13.9. The summed E-state index contributed by atoms with van der Waals surface area (Å²) in [5.41, 5.74) is 3.25. The molecule has 0 radical (unpaired) electrons. The van der Waals surface area contributed by atoms with E-state index in [1.165, 1.54) is 6.07 Å². The van der Waals surface area contributed by atoms with Crippen molar-refractivity contribution in [3.63, 3.8) is 0 Å². The van der Waals surface area contributed by atoms with Crippen molar-refractivity contribution in [3.05, 3.63) is 40.2 Å². The number of phenols is 1. The average molecular weight is 500 g/mol. The van der Waals surface area contributed by atoms with Crippen molar-refractivity contribution in [1.29, 1.82) is 0 Å². The molecule has 1 aliphatic heterocycles. The molecule has 1 saturated carbocycles. The number of amides is 1. The number of ketones is 2. The molecule has 4 atom stereocenters. The summed E-state index contributed by atoms with van der Waals surface area (Å²) in [6.45, 7) is 1.28. The zero-order valence-corrected chi connectivity index (χ0v) is 20.0. The lowest BCUT2D eigenvalue weighted by molar-refractivity contribution is -0.157. The number of carbonyl (C=O) groups excluding carboxylic acids is 3. The van der Waals surface area contributed by atoms with Crippen LogP contribution in [0, 0.1) is 11.8 Å². The summed E-state index contributed by atoms with van der Waals surface area (Å²) in [4.78, 5) is 43.2. The van der Waals surface area contributed by atoms with Crippen LogP contribution in [0.25, 0.3) is 5.76 Å². The van der Waals surface area contributed by atoms with Crippen LogP contribution >= 0.6 is 0 Å². The highest BCUT2D eigenvalue weighted by Crippen LogP contribution is 2.53. The van der Waals surface area contributed by atoms with E-state index in [0.29, 0.717) is 31.9 Å². The molecule has 1 amide bonds. The Kier molecular flexibility index (Phi) is 5.62. The fraction of sp³-hybridized carbons (Fsp3) is 0.480. The summed E-state index contributed by atoms with van der Waals surface area (Å²) in [5, 5.41) is 44.6. The van der Waals surface area contributed by atoms with E-state index < -0.39 is 58.0 Å². The second-order valence-corrected chi connectivity index (χ2v) is 10.00. The van der Waals surface area contributed by atoms with E-state index in [9.17, 15) is 34.8 Å². The van der Waals surface area contributed by atoms with Gasteiger partial charge in [-0.1, -0.05) is 0 Å². The Morgan fingerprint density at radius 2 is 1.83 bits per heavy atom. The van der Waals surface area contributed by atoms with Gasteiger partial charge in [-0.3, -0.25) is 19.3 Å². The van der Waals surface area contributed by atoms with Crippen LogP contribution in [0.4, 0.5) is 5.69 Å². The summed E-state index contributed by atoms with van der Waals surface area (Å²) >= 11 is 0. The standard InChI is InChI=1S/C25H29N3O8/c1-27(2)14-3-4-15(29)17-12(14)9-11-10-13-19(28-5-7-36-8-6-28)21(31)18(24(26)34)23(33)25(13,35)22(32)16(11)20(17)30/h3-4,11,13,19,29-30,33,35H,5-10H2,1-2H3,(H2,26,34)/t11-,13-,19+,25-/m0/s1. The Morgan fingerprint density at radius 1 is 1.17 bits per heavy atom. The van der Waals surface area contributed by atoms with Gasteiger partial charge in [0.05, 0.1) is 24.8 Å². The van der Waals surface area contributed by atoms with Crippen LogP contribution in [-0.4, -0.2) is 94.8 Å². The number of nitrogens with two attached hydrogens (primary N) is 1. The Morgan fingerprint density at radius 3 is 2.44 bits per heavy atom. The highest BCUT2D eigenvalue weighted by atomic mass is 16.5. The largest absolute Gasteiger partial charge is 0.508 e. The lowest BCUT2D eigenvalue weighted by Crippen LogP contribution is -2.67. The van der Waals surface area contributed by atoms with Crippen molar-refractivity contribution < 1.29 is 39.5 Å². The van der Waals surface area contributed by atoms with Gasteiger partial charge in [-0.15, -0.1) is 0 Å². The van der Waals surface area contributed by atoms with Crippen LogP contribution in [0.2, 0.25) is 0 Å². The van der Waals surface area contributed by atoms with E-state index in [4.69, 9.17) is 10.5 Å². The molecule has 2 fully saturated rings. The number of ether oxygens (including phenoxy) is 1. The molecule has 11 heteroatoms. The van der Waals surface area contributed by atoms with E-state index in [-0.39, 0.29) is 29.7 Å². The molecular formula is C25H29N3O8. The normalized spacial score (nSPS) is 30.6. The minimum absolute atomic E-state index is 0.0630. The maximum absolute atomic E-state index is 13.9. The molecule has 1 heterocycles. The maximum Gasteiger partial charge on any atom is 0.255 e. The topological polar surface area (TPSA) is 174 Å². The first-order chi connectivity index (χ1) is 17.0. The third-order valence-corrected chi connectivity index (χ3v) is 7.94. The number of fused-ring (bicyclic) bond motifs is 3. The van der Waals surface area contributed by atoms with Gasteiger partial charge >= 0.3 is 0 Å². The van der Waals surface area contributed by atoms with Crippen LogP contribution in [0.1, 0.15) is 17.5 Å². The van der Waals surface area contributed by atoms with Gasteiger partial charge in [-0.25, -0.2) is 0 Å². The van der Waals surface area contributed by atoms with E-state index in [1.807, 2.05) is 19.0 Å². The summed E-state index contributed by atoms with van der Waals surface area (Å²) < 4.78 is 5.38. The Hall–Kier alpha value is -3.41. The van der Waals surface area contributed by atoms with E-state index >= 15 is 0 Å². The van der Waals surface area contributed by atoms with Crippen LogP contribution < -0.4 is 10.6 Å². The van der Waals surface area contributed by atoms with Crippen LogP contribution in [0.5, 0.6) is 5.75 Å². The predicted molar refractivity (Wildman–Crippen MR) is 127 cm³/mol. The van der Waals surface area contributed by atoms with Crippen molar-refractivity contribution >= 4 is 28.9 Å². The summed E-state index contributed by atoms with van der Waals surface area (Å²) in [7, 11) is 3.63. The Labute approximate surface area is 207 Å². The van der Waals surface area contributed by atoms with E-state index in [0.717, 1.165) is 5.69 Å². The first-order valence-electron chi connectivity index (χ1n) is 11.8. The molecule has 4 aliphatic rings. The quantitative estimate of drug-likeness (QED) is 0.350. The molecule has 5 rings (SSSR count).